The summed E-state index contributed by atoms with van der Waals surface area (Å²) in [6, 6.07) is 12.9. The molecule has 0 bridgehead atoms. The first-order valence-corrected chi connectivity index (χ1v) is 12.5. The van der Waals surface area contributed by atoms with Gasteiger partial charge in [0.2, 0.25) is 0 Å². The van der Waals surface area contributed by atoms with Crippen LogP contribution in [0.4, 0.5) is 23.1 Å². The highest BCUT2D eigenvalue weighted by Gasteiger charge is 2.20. The van der Waals surface area contributed by atoms with Crippen molar-refractivity contribution in [3.63, 3.8) is 0 Å². The molecule has 3 aromatic heterocycles. The summed E-state index contributed by atoms with van der Waals surface area (Å²) in [5.74, 6) is 1.50. The number of nitrogens with zero attached hydrogens (tertiary/aromatic N) is 4. The van der Waals surface area contributed by atoms with Crippen LogP contribution in [0.1, 0.15) is 21.5 Å². The Morgan fingerprint density at radius 3 is 2.61 bits per heavy atom. The predicted octanol–water partition coefficient (Wildman–Crippen LogP) is 3.36. The van der Waals surface area contributed by atoms with Gasteiger partial charge in [0.15, 0.2) is 0 Å². The number of ether oxygens (including phenoxy) is 1. The quantitative estimate of drug-likeness (QED) is 0.343. The van der Waals surface area contributed by atoms with Gasteiger partial charge in [0, 0.05) is 43.3 Å². The Hall–Kier alpha value is -4.28. The lowest BCUT2D eigenvalue weighted by Crippen LogP contribution is -2.40. The van der Waals surface area contributed by atoms with Crippen LogP contribution in [0, 0.1) is 13.8 Å². The topological polar surface area (TPSA) is 122 Å². The van der Waals surface area contributed by atoms with Crippen molar-refractivity contribution in [1.82, 2.24) is 19.4 Å². The molecule has 4 heterocycles. The Bertz CT molecular complexity index is 1540. The number of amides is 1. The monoisotopic (exact) mass is 514 g/mol. The summed E-state index contributed by atoms with van der Waals surface area (Å²) < 4.78 is 6.82. The number of nitrogens with one attached hydrogen (secondary N) is 2. The minimum Gasteiger partial charge on any atom is -0.395 e. The van der Waals surface area contributed by atoms with E-state index in [1.807, 2.05) is 44.2 Å². The summed E-state index contributed by atoms with van der Waals surface area (Å²) in [4.78, 5) is 37.2. The number of aromatic nitrogens is 3. The van der Waals surface area contributed by atoms with Crippen molar-refractivity contribution in [1.29, 1.82) is 0 Å². The number of aliphatic hydroxyl groups excluding tert-OH is 1. The highest BCUT2D eigenvalue weighted by Crippen LogP contribution is 2.28. The number of aliphatic hydroxyl groups is 1. The van der Waals surface area contributed by atoms with Crippen LogP contribution in [-0.2, 0) is 11.3 Å². The van der Waals surface area contributed by atoms with E-state index in [2.05, 4.69) is 15.6 Å². The van der Waals surface area contributed by atoms with Gasteiger partial charge in [-0.2, -0.15) is 0 Å². The van der Waals surface area contributed by atoms with Crippen LogP contribution in [0.15, 0.2) is 59.7 Å². The molecule has 0 atom stereocenters. The van der Waals surface area contributed by atoms with Gasteiger partial charge in [0.25, 0.3) is 11.5 Å². The van der Waals surface area contributed by atoms with E-state index >= 15 is 0 Å². The smallest absolute Gasteiger partial charge is 0.262 e. The van der Waals surface area contributed by atoms with Gasteiger partial charge >= 0.3 is 0 Å². The molecule has 196 valence electrons. The zero-order valence-electron chi connectivity index (χ0n) is 21.4. The molecule has 1 saturated heterocycles. The molecule has 10 nitrogen and oxygen atoms in total. The van der Waals surface area contributed by atoms with Crippen LogP contribution in [0.25, 0.3) is 10.8 Å². The van der Waals surface area contributed by atoms with Crippen molar-refractivity contribution < 1.29 is 14.6 Å². The minimum absolute atomic E-state index is 0.0235. The van der Waals surface area contributed by atoms with Crippen LogP contribution in [0.3, 0.4) is 0 Å². The molecule has 0 unspecified atom stereocenters. The van der Waals surface area contributed by atoms with Crippen LogP contribution < -0.4 is 16.2 Å². The van der Waals surface area contributed by atoms with E-state index in [4.69, 9.17) is 9.72 Å². The van der Waals surface area contributed by atoms with Crippen LogP contribution in [-0.4, -0.2) is 63.4 Å². The van der Waals surface area contributed by atoms with Gasteiger partial charge in [-0.15, -0.1) is 0 Å². The first-order valence-electron chi connectivity index (χ1n) is 12.5. The number of rotatable bonds is 7. The van der Waals surface area contributed by atoms with Crippen LogP contribution >= 0.6 is 0 Å². The Balaban J connectivity index is 1.52. The lowest BCUT2D eigenvalue weighted by Gasteiger charge is -2.27. The molecule has 1 amide bonds. The SMILES string of the molecule is Cc1ccnc(Nc2cc3ccn(CCO)c(=O)c3c(Nc3ccc(C(=O)N4CCOCC4)c(C)c3)n2)c1. The van der Waals surface area contributed by atoms with Crippen molar-refractivity contribution >= 4 is 39.8 Å². The second kappa shape index (κ2) is 11.0. The van der Waals surface area contributed by atoms with Crippen molar-refractivity contribution in [2.24, 2.45) is 0 Å². The molecule has 1 aromatic carbocycles. The molecule has 38 heavy (non-hydrogen) atoms. The molecular weight excluding hydrogens is 484 g/mol. The summed E-state index contributed by atoms with van der Waals surface area (Å²) in [6.45, 7) is 6.12. The number of hydrogen-bond acceptors (Lipinski definition) is 8. The number of anilines is 4. The lowest BCUT2D eigenvalue weighted by molar-refractivity contribution is 0.0302. The molecule has 0 saturated carbocycles. The second-order valence-corrected chi connectivity index (χ2v) is 9.26. The van der Waals surface area contributed by atoms with Crippen LogP contribution in [0.2, 0.25) is 0 Å². The Labute approximate surface area is 219 Å². The summed E-state index contributed by atoms with van der Waals surface area (Å²) in [6.07, 6.45) is 3.38. The summed E-state index contributed by atoms with van der Waals surface area (Å²) in [7, 11) is 0. The number of hydrogen-bond donors (Lipinski definition) is 3. The number of carbonyl (C=O) groups is 1. The first kappa shape index (κ1) is 25.4. The van der Waals surface area contributed by atoms with E-state index in [-0.39, 0.29) is 24.6 Å². The van der Waals surface area contributed by atoms with E-state index in [9.17, 15) is 14.7 Å². The first-order chi connectivity index (χ1) is 18.4. The third-order valence-corrected chi connectivity index (χ3v) is 6.49. The highest BCUT2D eigenvalue weighted by molar-refractivity contribution is 5.97. The van der Waals surface area contributed by atoms with E-state index in [1.165, 1.54) is 4.57 Å². The molecule has 10 heteroatoms. The van der Waals surface area contributed by atoms with Crippen molar-refractivity contribution in [2.75, 3.05) is 43.5 Å². The van der Waals surface area contributed by atoms with Gasteiger partial charge in [-0.05, 0) is 72.8 Å². The van der Waals surface area contributed by atoms with Crippen molar-refractivity contribution in [3.8, 4) is 0 Å². The number of carbonyl (C=O) groups excluding carboxylic acids is 1. The molecule has 5 rings (SSSR count). The number of pyridine rings is 3. The average Bonchev–Trinajstić information content (AvgIpc) is 2.90. The molecule has 0 radical (unpaired) electrons. The zero-order valence-corrected chi connectivity index (χ0v) is 21.4. The molecule has 0 spiro atoms. The third kappa shape index (κ3) is 5.36. The van der Waals surface area contributed by atoms with E-state index < -0.39 is 0 Å². The second-order valence-electron chi connectivity index (χ2n) is 9.26. The maximum atomic E-state index is 13.3. The molecule has 1 aliphatic rings. The van der Waals surface area contributed by atoms with Crippen LogP contribution in [0.5, 0.6) is 0 Å². The number of aryl methyl sites for hydroxylation is 2. The fraction of sp³-hybridized carbons (Fsp3) is 0.286. The van der Waals surface area contributed by atoms with Gasteiger partial charge in [-0.1, -0.05) is 0 Å². The fourth-order valence-corrected chi connectivity index (χ4v) is 4.53. The number of morpholine rings is 1. The maximum Gasteiger partial charge on any atom is 0.262 e. The Kier molecular flexibility index (Phi) is 7.34. The Morgan fingerprint density at radius 1 is 1.05 bits per heavy atom. The molecule has 1 fully saturated rings. The number of benzene rings is 1. The summed E-state index contributed by atoms with van der Waals surface area (Å²) >= 11 is 0. The molecule has 3 N–H and O–H groups in total. The average molecular weight is 515 g/mol. The van der Waals surface area contributed by atoms with E-state index in [0.717, 1.165) is 11.1 Å². The largest absolute Gasteiger partial charge is 0.395 e. The van der Waals surface area contributed by atoms with Gasteiger partial charge in [0.05, 0.1) is 25.2 Å². The summed E-state index contributed by atoms with van der Waals surface area (Å²) in [5, 5.41) is 17.0. The van der Waals surface area contributed by atoms with E-state index in [1.54, 1.807) is 29.4 Å². The normalized spacial score (nSPS) is 13.5. The van der Waals surface area contributed by atoms with Crippen molar-refractivity contribution in [3.05, 3.63) is 81.9 Å². The maximum absolute atomic E-state index is 13.3. The van der Waals surface area contributed by atoms with Gasteiger partial charge in [-0.3, -0.25) is 9.59 Å². The summed E-state index contributed by atoms with van der Waals surface area (Å²) in [5.41, 5.74) is 2.92. The zero-order chi connectivity index (χ0) is 26.6. The standard InChI is InChI=1S/C28H30N6O4/c1-18-5-7-29-23(15-18)31-24-17-20-6-8-33(9-12-35)28(37)25(20)26(32-24)30-21-3-4-22(19(2)16-21)27(36)34-10-13-38-14-11-34/h3-8,15-17,35H,9-14H2,1-2H3,(H2,29,30,31,32). The van der Waals surface area contributed by atoms with Crippen molar-refractivity contribution in [2.45, 2.75) is 20.4 Å². The molecule has 1 aliphatic heterocycles. The predicted molar refractivity (Wildman–Crippen MR) is 147 cm³/mol. The third-order valence-electron chi connectivity index (χ3n) is 6.49. The van der Waals surface area contributed by atoms with Gasteiger partial charge in [0.1, 0.15) is 17.5 Å². The fourth-order valence-electron chi connectivity index (χ4n) is 4.53. The highest BCUT2D eigenvalue weighted by atomic mass is 16.5. The van der Waals surface area contributed by atoms with E-state index in [0.29, 0.717) is 65.8 Å². The van der Waals surface area contributed by atoms with Gasteiger partial charge < -0.3 is 29.9 Å². The molecular formula is C28H30N6O4. The number of fused-ring (bicyclic) bond motifs is 1. The lowest BCUT2D eigenvalue weighted by atomic mass is 10.1. The molecule has 0 aliphatic carbocycles. The Morgan fingerprint density at radius 2 is 1.87 bits per heavy atom. The van der Waals surface area contributed by atoms with Gasteiger partial charge in [-0.25, -0.2) is 9.97 Å². The minimum atomic E-state index is -0.261. The molecule has 4 aromatic rings.